The first kappa shape index (κ1) is 25.7. The highest BCUT2D eigenvalue weighted by Crippen LogP contribution is 2.38. The summed E-state index contributed by atoms with van der Waals surface area (Å²) in [5.41, 5.74) is 7.98. The molecule has 3 heterocycles. The van der Waals surface area contributed by atoms with Crippen LogP contribution < -0.4 is 0 Å². The number of piperidine rings is 1. The summed E-state index contributed by atoms with van der Waals surface area (Å²) in [6, 6.07) is 7.25. The van der Waals surface area contributed by atoms with E-state index in [-0.39, 0.29) is 6.04 Å². The van der Waals surface area contributed by atoms with E-state index in [1.165, 1.54) is 33.3 Å². The third-order valence-corrected chi connectivity index (χ3v) is 7.99. The van der Waals surface area contributed by atoms with E-state index in [4.69, 9.17) is 0 Å². The molecule has 1 atom stereocenters. The molecule has 0 bridgehead atoms. The van der Waals surface area contributed by atoms with Gasteiger partial charge >= 0.3 is 0 Å². The molecule has 5 nitrogen and oxygen atoms in total. The Bertz CT molecular complexity index is 1310. The van der Waals surface area contributed by atoms with Gasteiger partial charge in [-0.1, -0.05) is 38.6 Å². The van der Waals surface area contributed by atoms with Crippen molar-refractivity contribution in [3.63, 3.8) is 0 Å². The number of hydrogen-bond donors (Lipinski definition) is 2. The highest BCUT2D eigenvalue weighted by Gasteiger charge is 2.26. The predicted molar refractivity (Wildman–Crippen MR) is 157 cm³/mol. The fraction of sp³-hybridized carbons (Fsp3) is 0.500. The second-order valence-corrected chi connectivity index (χ2v) is 12.0. The fourth-order valence-corrected chi connectivity index (χ4v) is 6.22. The van der Waals surface area contributed by atoms with Crippen molar-refractivity contribution in [3.8, 4) is 0 Å². The molecule has 2 aliphatic heterocycles. The quantitative estimate of drug-likeness (QED) is 0.445. The van der Waals surface area contributed by atoms with Gasteiger partial charge in [0.05, 0.1) is 17.4 Å². The van der Waals surface area contributed by atoms with Crippen molar-refractivity contribution in [2.75, 3.05) is 13.1 Å². The summed E-state index contributed by atoms with van der Waals surface area (Å²) in [7, 11) is 0. The lowest BCUT2D eigenvalue weighted by Crippen LogP contribution is -2.34. The summed E-state index contributed by atoms with van der Waals surface area (Å²) < 4.78 is 0. The Morgan fingerprint density at radius 1 is 1.19 bits per heavy atom. The average molecular weight is 499 g/mol. The lowest BCUT2D eigenvalue weighted by molar-refractivity contribution is 0.0703. The number of likely N-dealkylation sites (tertiary alicyclic amines) is 1. The zero-order valence-corrected chi connectivity index (χ0v) is 23.1. The third-order valence-electron chi connectivity index (χ3n) is 7.99. The summed E-state index contributed by atoms with van der Waals surface area (Å²) in [6.45, 7) is 16.5. The van der Waals surface area contributed by atoms with Gasteiger partial charge in [0.2, 0.25) is 0 Å². The van der Waals surface area contributed by atoms with Gasteiger partial charge in [-0.15, -0.1) is 0 Å². The van der Waals surface area contributed by atoms with E-state index < -0.39 is 5.60 Å². The smallest absolute Gasteiger partial charge is 0.121 e. The number of aliphatic hydroxyl groups is 1. The van der Waals surface area contributed by atoms with Crippen molar-refractivity contribution in [2.24, 2.45) is 9.98 Å². The second-order valence-electron chi connectivity index (χ2n) is 12.0. The Labute approximate surface area is 221 Å². The first-order valence-electron chi connectivity index (χ1n) is 13.9. The maximum absolute atomic E-state index is 10.2. The number of nitrogens with zero attached hydrogens (tertiary/aromatic N) is 3. The van der Waals surface area contributed by atoms with Gasteiger partial charge in [-0.25, -0.2) is 4.99 Å². The molecule has 0 spiro atoms. The van der Waals surface area contributed by atoms with Gasteiger partial charge < -0.3 is 15.0 Å². The van der Waals surface area contributed by atoms with E-state index in [1.807, 2.05) is 20.8 Å². The zero-order valence-electron chi connectivity index (χ0n) is 23.1. The summed E-state index contributed by atoms with van der Waals surface area (Å²) in [5.74, 6) is 1.85. The first-order chi connectivity index (χ1) is 17.6. The van der Waals surface area contributed by atoms with Gasteiger partial charge in [-0.05, 0) is 93.2 Å². The molecule has 1 fully saturated rings. The van der Waals surface area contributed by atoms with Crippen LogP contribution >= 0.6 is 0 Å². The van der Waals surface area contributed by atoms with Gasteiger partial charge in [0, 0.05) is 41.8 Å². The van der Waals surface area contributed by atoms with Crippen LogP contribution in [0.1, 0.15) is 95.4 Å². The molecule has 196 valence electrons. The van der Waals surface area contributed by atoms with E-state index in [0.717, 1.165) is 56.0 Å². The molecule has 3 aliphatic rings. The normalized spacial score (nSPS) is 23.3. The Morgan fingerprint density at radius 2 is 1.95 bits per heavy atom. The molecule has 37 heavy (non-hydrogen) atoms. The molecule has 1 saturated heterocycles. The number of fused-ring (bicyclic) bond motifs is 2. The second kappa shape index (κ2) is 10.1. The number of aromatic amines is 1. The number of benzene rings is 1. The number of allylic oxidation sites excluding steroid dienone is 3. The van der Waals surface area contributed by atoms with E-state index in [2.05, 4.69) is 76.7 Å². The maximum atomic E-state index is 10.2. The highest BCUT2D eigenvalue weighted by molar-refractivity contribution is 6.11. The van der Waals surface area contributed by atoms with Crippen LogP contribution in [-0.4, -0.2) is 51.3 Å². The standard InChI is InChI=1S/C32H42N4O/c1-20(2)30-26-18-25(23-14-16-36(17-15-23)21(3)19-32(5,6)37)11-12-27(26)35-31(30)24-8-7-9-28-29(13-10-24)34-22(4)33-28/h8,10-13,18,20,23,28,35,37H,3,7,9,14-17,19H2,1-2,4-6H3/b13-10-,24-8+. The summed E-state index contributed by atoms with van der Waals surface area (Å²) in [4.78, 5) is 15.5. The largest absolute Gasteiger partial charge is 0.390 e. The molecule has 2 N–H and O–H groups in total. The summed E-state index contributed by atoms with van der Waals surface area (Å²) in [5, 5.41) is 11.5. The van der Waals surface area contributed by atoms with Crippen molar-refractivity contribution < 1.29 is 5.11 Å². The molecule has 1 unspecified atom stereocenters. The maximum Gasteiger partial charge on any atom is 0.121 e. The monoisotopic (exact) mass is 498 g/mol. The van der Waals surface area contributed by atoms with Crippen LogP contribution in [0.2, 0.25) is 0 Å². The van der Waals surface area contributed by atoms with Crippen LogP contribution in [0.5, 0.6) is 0 Å². The van der Waals surface area contributed by atoms with E-state index >= 15 is 0 Å². The number of aromatic nitrogens is 1. The van der Waals surface area contributed by atoms with Crippen molar-refractivity contribution in [1.29, 1.82) is 0 Å². The molecule has 1 aliphatic carbocycles. The van der Waals surface area contributed by atoms with E-state index in [1.54, 1.807) is 0 Å². The molecule has 2 aromatic rings. The average Bonchev–Trinajstić information content (AvgIpc) is 3.37. The lowest BCUT2D eigenvalue weighted by Gasteiger charge is -2.36. The predicted octanol–water partition coefficient (Wildman–Crippen LogP) is 7.12. The molecule has 0 amide bonds. The minimum absolute atomic E-state index is 0.211. The number of hydrogen-bond acceptors (Lipinski definition) is 4. The fourth-order valence-electron chi connectivity index (χ4n) is 6.22. The molecule has 0 saturated carbocycles. The molecular formula is C32H42N4O. The van der Waals surface area contributed by atoms with Crippen LogP contribution in [0, 0.1) is 0 Å². The minimum Gasteiger partial charge on any atom is -0.390 e. The van der Waals surface area contributed by atoms with E-state index in [0.29, 0.717) is 18.3 Å². The highest BCUT2D eigenvalue weighted by atomic mass is 16.3. The Hall–Kier alpha value is -2.92. The lowest BCUT2D eigenvalue weighted by atomic mass is 9.87. The van der Waals surface area contributed by atoms with Crippen LogP contribution in [0.25, 0.3) is 16.5 Å². The van der Waals surface area contributed by atoms with Gasteiger partial charge in [-0.2, -0.15) is 0 Å². The minimum atomic E-state index is -0.710. The van der Waals surface area contributed by atoms with Crippen LogP contribution in [0.15, 0.2) is 58.7 Å². The number of aliphatic imine (C=N–C) groups is 2. The molecule has 1 aromatic carbocycles. The SMILES string of the molecule is C=C(CC(C)(C)O)N1CCC(c2ccc3[nH]c(C4=C/CCC5N=C(C)N=C5/C=C\4)c(C(C)C)c3c2)CC1. The number of rotatable bonds is 6. The van der Waals surface area contributed by atoms with Crippen molar-refractivity contribution in [3.05, 3.63) is 65.5 Å². The van der Waals surface area contributed by atoms with Gasteiger partial charge in [-0.3, -0.25) is 4.99 Å². The van der Waals surface area contributed by atoms with Gasteiger partial charge in [0.15, 0.2) is 0 Å². The Balaban J connectivity index is 1.39. The third kappa shape index (κ3) is 5.52. The van der Waals surface area contributed by atoms with E-state index in [9.17, 15) is 5.11 Å². The molecule has 1 aromatic heterocycles. The van der Waals surface area contributed by atoms with Crippen molar-refractivity contribution >= 4 is 28.0 Å². The van der Waals surface area contributed by atoms with Gasteiger partial charge in [0.25, 0.3) is 0 Å². The topological polar surface area (TPSA) is 64.0 Å². The number of H-pyrrole nitrogens is 1. The first-order valence-corrected chi connectivity index (χ1v) is 13.9. The van der Waals surface area contributed by atoms with Crippen LogP contribution in [0.4, 0.5) is 0 Å². The summed E-state index contributed by atoms with van der Waals surface area (Å²) >= 11 is 0. The Kier molecular flexibility index (Phi) is 7.01. The van der Waals surface area contributed by atoms with Crippen molar-refractivity contribution in [2.45, 2.75) is 90.2 Å². The van der Waals surface area contributed by atoms with Crippen LogP contribution in [-0.2, 0) is 0 Å². The summed E-state index contributed by atoms with van der Waals surface area (Å²) in [6.07, 6.45) is 11.6. The Morgan fingerprint density at radius 3 is 2.65 bits per heavy atom. The van der Waals surface area contributed by atoms with Crippen molar-refractivity contribution in [1.82, 2.24) is 9.88 Å². The van der Waals surface area contributed by atoms with Gasteiger partial charge in [0.1, 0.15) is 5.84 Å². The zero-order chi connectivity index (χ0) is 26.3. The molecular weight excluding hydrogens is 456 g/mol. The molecule has 0 radical (unpaired) electrons. The molecule has 5 heteroatoms. The number of amidine groups is 1. The van der Waals surface area contributed by atoms with Crippen LogP contribution in [0.3, 0.4) is 0 Å². The molecule has 5 rings (SSSR count). The number of nitrogens with one attached hydrogen (secondary N) is 1.